The molecule has 2 aromatic rings. The minimum absolute atomic E-state index is 0.515. The molecule has 2 rings (SSSR count). The van der Waals surface area contributed by atoms with Gasteiger partial charge in [0.2, 0.25) is 0 Å². The molecule has 0 saturated carbocycles. The highest BCUT2D eigenvalue weighted by molar-refractivity contribution is 7.80. The first-order valence-electron chi connectivity index (χ1n) is 7.61. The molecule has 0 bridgehead atoms. The van der Waals surface area contributed by atoms with E-state index in [1.54, 1.807) is 7.11 Å². The molecule has 0 fully saturated rings. The van der Waals surface area contributed by atoms with Gasteiger partial charge >= 0.3 is 0 Å². The monoisotopic (exact) mass is 330 g/mol. The lowest BCUT2D eigenvalue weighted by molar-refractivity contribution is 0.298. The largest absolute Gasteiger partial charge is 0.493 e. The van der Waals surface area contributed by atoms with Gasteiger partial charge in [0.25, 0.3) is 0 Å². The maximum atomic E-state index is 5.68. The van der Waals surface area contributed by atoms with Crippen LogP contribution < -0.4 is 20.1 Å². The number of para-hydroxylation sites is 2. The second kappa shape index (κ2) is 9.69. The van der Waals surface area contributed by atoms with E-state index >= 15 is 0 Å². The quantitative estimate of drug-likeness (QED) is 0.575. The first-order chi connectivity index (χ1) is 11.3. The van der Waals surface area contributed by atoms with Crippen LogP contribution >= 0.6 is 12.2 Å². The molecule has 23 heavy (non-hydrogen) atoms. The van der Waals surface area contributed by atoms with Crippen molar-refractivity contribution in [3.05, 3.63) is 60.2 Å². The van der Waals surface area contributed by atoms with E-state index in [1.165, 1.54) is 5.56 Å². The highest BCUT2D eigenvalue weighted by atomic mass is 32.1. The summed E-state index contributed by atoms with van der Waals surface area (Å²) in [6, 6.07) is 17.9. The van der Waals surface area contributed by atoms with Gasteiger partial charge in [-0.3, -0.25) is 0 Å². The Morgan fingerprint density at radius 3 is 2.30 bits per heavy atom. The fourth-order valence-electron chi connectivity index (χ4n) is 2.09. The van der Waals surface area contributed by atoms with Crippen molar-refractivity contribution in [3.63, 3.8) is 0 Å². The topological polar surface area (TPSA) is 42.5 Å². The minimum atomic E-state index is 0.515. The lowest BCUT2D eigenvalue weighted by Crippen LogP contribution is -2.38. The number of hydrogen-bond donors (Lipinski definition) is 2. The van der Waals surface area contributed by atoms with Crippen molar-refractivity contribution in [1.29, 1.82) is 0 Å². The molecule has 0 amide bonds. The van der Waals surface area contributed by atoms with Crippen LogP contribution in [0.25, 0.3) is 0 Å². The summed E-state index contributed by atoms with van der Waals surface area (Å²) in [4.78, 5) is 0. The predicted octanol–water partition coefficient (Wildman–Crippen LogP) is 2.78. The molecule has 0 aliphatic rings. The van der Waals surface area contributed by atoms with Gasteiger partial charge in [-0.2, -0.15) is 0 Å². The maximum Gasteiger partial charge on any atom is 0.166 e. The van der Waals surface area contributed by atoms with Gasteiger partial charge in [0.15, 0.2) is 16.6 Å². The third-order valence-corrected chi connectivity index (χ3v) is 3.54. The summed E-state index contributed by atoms with van der Waals surface area (Å²) in [6.45, 7) is 1.96. The minimum Gasteiger partial charge on any atom is -0.493 e. The van der Waals surface area contributed by atoms with E-state index in [0.717, 1.165) is 24.5 Å². The van der Waals surface area contributed by atoms with Crippen LogP contribution in [0.4, 0.5) is 0 Å². The van der Waals surface area contributed by atoms with E-state index < -0.39 is 0 Å². The predicted molar refractivity (Wildman–Crippen MR) is 97.2 cm³/mol. The van der Waals surface area contributed by atoms with Gasteiger partial charge in [-0.05, 0) is 36.3 Å². The maximum absolute atomic E-state index is 5.68. The van der Waals surface area contributed by atoms with Crippen LogP contribution in [0, 0.1) is 0 Å². The molecule has 0 radical (unpaired) electrons. The summed E-state index contributed by atoms with van der Waals surface area (Å²) in [5.41, 5.74) is 1.29. The Morgan fingerprint density at radius 1 is 0.913 bits per heavy atom. The number of nitrogens with one attached hydrogen (secondary N) is 2. The van der Waals surface area contributed by atoms with E-state index in [0.29, 0.717) is 18.3 Å². The van der Waals surface area contributed by atoms with Crippen molar-refractivity contribution >= 4 is 17.3 Å². The molecule has 4 nitrogen and oxygen atoms in total. The van der Waals surface area contributed by atoms with E-state index in [9.17, 15) is 0 Å². The molecular weight excluding hydrogens is 308 g/mol. The highest BCUT2D eigenvalue weighted by Gasteiger charge is 2.02. The molecule has 0 aliphatic carbocycles. The molecule has 0 saturated heterocycles. The van der Waals surface area contributed by atoms with Crippen molar-refractivity contribution in [3.8, 4) is 11.5 Å². The molecule has 0 aliphatic heterocycles. The first-order valence-corrected chi connectivity index (χ1v) is 8.02. The van der Waals surface area contributed by atoms with Gasteiger partial charge in [-0.25, -0.2) is 0 Å². The van der Waals surface area contributed by atoms with Gasteiger partial charge in [0, 0.05) is 6.54 Å². The van der Waals surface area contributed by atoms with E-state index in [1.807, 2.05) is 42.5 Å². The Hall–Kier alpha value is -2.27. The molecule has 0 unspecified atom stereocenters. The Labute approximate surface area is 142 Å². The van der Waals surface area contributed by atoms with Crippen LogP contribution in [-0.2, 0) is 6.42 Å². The average Bonchev–Trinajstić information content (AvgIpc) is 2.60. The van der Waals surface area contributed by atoms with Crippen molar-refractivity contribution in [2.24, 2.45) is 0 Å². The van der Waals surface area contributed by atoms with Crippen LogP contribution in [0.5, 0.6) is 11.5 Å². The Balaban J connectivity index is 1.59. The van der Waals surface area contributed by atoms with Crippen molar-refractivity contribution in [2.75, 3.05) is 26.8 Å². The number of benzene rings is 2. The lowest BCUT2D eigenvalue weighted by Gasteiger charge is -2.12. The zero-order chi connectivity index (χ0) is 16.3. The molecule has 0 aromatic heterocycles. The van der Waals surface area contributed by atoms with E-state index in [-0.39, 0.29) is 0 Å². The number of thiocarbonyl (C=S) groups is 1. The summed E-state index contributed by atoms with van der Waals surface area (Å²) in [5, 5.41) is 6.97. The number of hydrogen-bond acceptors (Lipinski definition) is 3. The van der Waals surface area contributed by atoms with Crippen molar-refractivity contribution in [2.45, 2.75) is 6.42 Å². The molecule has 122 valence electrons. The number of methoxy groups -OCH3 is 1. The zero-order valence-electron chi connectivity index (χ0n) is 13.2. The van der Waals surface area contributed by atoms with Gasteiger partial charge < -0.3 is 20.1 Å². The van der Waals surface area contributed by atoms with Gasteiger partial charge in [-0.15, -0.1) is 0 Å². The molecule has 0 heterocycles. The van der Waals surface area contributed by atoms with Gasteiger partial charge in [0.1, 0.15) is 6.61 Å². The summed E-state index contributed by atoms with van der Waals surface area (Å²) in [7, 11) is 1.63. The third kappa shape index (κ3) is 6.16. The van der Waals surface area contributed by atoms with E-state index in [2.05, 4.69) is 22.8 Å². The normalized spacial score (nSPS) is 9.96. The summed E-state index contributed by atoms with van der Waals surface area (Å²) >= 11 is 5.25. The lowest BCUT2D eigenvalue weighted by atomic mass is 10.1. The molecule has 5 heteroatoms. The summed E-state index contributed by atoms with van der Waals surface area (Å²) < 4.78 is 10.9. The molecule has 2 aromatic carbocycles. The Morgan fingerprint density at radius 2 is 1.57 bits per heavy atom. The zero-order valence-corrected chi connectivity index (χ0v) is 14.1. The van der Waals surface area contributed by atoms with Crippen LogP contribution in [-0.4, -0.2) is 31.9 Å². The summed E-state index contributed by atoms with van der Waals surface area (Å²) in [6.07, 6.45) is 0.945. The smallest absolute Gasteiger partial charge is 0.166 e. The average molecular weight is 330 g/mol. The fourth-order valence-corrected chi connectivity index (χ4v) is 2.30. The van der Waals surface area contributed by atoms with Crippen LogP contribution in [0.15, 0.2) is 54.6 Å². The highest BCUT2D eigenvalue weighted by Crippen LogP contribution is 2.25. The third-order valence-electron chi connectivity index (χ3n) is 3.26. The summed E-state index contributed by atoms with van der Waals surface area (Å²) in [5.74, 6) is 1.47. The van der Waals surface area contributed by atoms with Crippen LogP contribution in [0.3, 0.4) is 0 Å². The second-order valence-corrected chi connectivity index (χ2v) is 5.33. The SMILES string of the molecule is COc1ccccc1OCCNC(=S)NCCc1ccccc1. The Bertz CT molecular complexity index is 605. The number of rotatable bonds is 8. The first kappa shape index (κ1) is 17.1. The molecular formula is C18H22N2O2S. The van der Waals surface area contributed by atoms with E-state index in [4.69, 9.17) is 21.7 Å². The van der Waals surface area contributed by atoms with Gasteiger partial charge in [0.05, 0.1) is 13.7 Å². The number of ether oxygens (including phenoxy) is 2. The van der Waals surface area contributed by atoms with Crippen LogP contribution in [0.2, 0.25) is 0 Å². The molecule has 0 atom stereocenters. The van der Waals surface area contributed by atoms with Crippen molar-refractivity contribution in [1.82, 2.24) is 10.6 Å². The fraction of sp³-hybridized carbons (Fsp3) is 0.278. The molecule has 0 spiro atoms. The standard InChI is InChI=1S/C18H22N2O2S/c1-21-16-9-5-6-10-17(16)22-14-13-20-18(23)19-12-11-15-7-3-2-4-8-15/h2-10H,11-14H2,1H3,(H2,19,20,23). The van der Waals surface area contributed by atoms with Crippen molar-refractivity contribution < 1.29 is 9.47 Å². The van der Waals surface area contributed by atoms with Gasteiger partial charge in [-0.1, -0.05) is 42.5 Å². The van der Waals surface area contributed by atoms with Crippen LogP contribution in [0.1, 0.15) is 5.56 Å². The molecule has 2 N–H and O–H groups in total. The second-order valence-electron chi connectivity index (χ2n) is 4.92. The Kier molecular flexibility index (Phi) is 7.20.